The summed E-state index contributed by atoms with van der Waals surface area (Å²) in [5, 5.41) is 13.8. The molecule has 0 fully saturated rings. The molecule has 1 aromatic carbocycles. The van der Waals surface area contributed by atoms with Crippen molar-refractivity contribution in [3.8, 4) is 0 Å². The van der Waals surface area contributed by atoms with E-state index in [4.69, 9.17) is 0 Å². The average Bonchev–Trinajstić information content (AvgIpc) is 2.17. The lowest BCUT2D eigenvalue weighted by atomic mass is 10.2. The SMILES string of the molecule is C=C(C)CNCc1ccccc1[N+](=O)[O-]. The molecular formula is C11H14N2O2. The fourth-order valence-electron chi connectivity index (χ4n) is 1.25. The van der Waals surface area contributed by atoms with Crippen molar-refractivity contribution >= 4 is 5.69 Å². The number of rotatable bonds is 5. The summed E-state index contributed by atoms with van der Waals surface area (Å²) >= 11 is 0. The largest absolute Gasteiger partial charge is 0.309 e. The van der Waals surface area contributed by atoms with Crippen molar-refractivity contribution in [1.82, 2.24) is 5.32 Å². The molecule has 0 atom stereocenters. The van der Waals surface area contributed by atoms with Crippen LogP contribution in [0.2, 0.25) is 0 Å². The van der Waals surface area contributed by atoms with Gasteiger partial charge in [-0.15, -0.1) is 0 Å². The molecule has 1 N–H and O–H groups in total. The monoisotopic (exact) mass is 206 g/mol. The van der Waals surface area contributed by atoms with E-state index < -0.39 is 0 Å². The minimum atomic E-state index is -0.363. The van der Waals surface area contributed by atoms with Crippen molar-refractivity contribution in [3.05, 3.63) is 52.1 Å². The molecule has 15 heavy (non-hydrogen) atoms. The predicted octanol–water partition coefficient (Wildman–Crippen LogP) is 2.26. The van der Waals surface area contributed by atoms with E-state index in [1.54, 1.807) is 18.2 Å². The summed E-state index contributed by atoms with van der Waals surface area (Å²) in [6.07, 6.45) is 0. The van der Waals surface area contributed by atoms with E-state index in [-0.39, 0.29) is 10.6 Å². The van der Waals surface area contributed by atoms with Crippen molar-refractivity contribution in [3.63, 3.8) is 0 Å². The second kappa shape index (κ2) is 5.26. The van der Waals surface area contributed by atoms with Gasteiger partial charge in [-0.3, -0.25) is 10.1 Å². The van der Waals surface area contributed by atoms with Crippen LogP contribution in [-0.4, -0.2) is 11.5 Å². The Bertz CT molecular complexity index is 375. The highest BCUT2D eigenvalue weighted by Crippen LogP contribution is 2.16. The van der Waals surface area contributed by atoms with Crippen LogP contribution in [0.5, 0.6) is 0 Å². The maximum Gasteiger partial charge on any atom is 0.273 e. The molecule has 1 rings (SSSR count). The molecule has 0 heterocycles. The van der Waals surface area contributed by atoms with E-state index in [9.17, 15) is 10.1 Å². The zero-order valence-corrected chi connectivity index (χ0v) is 8.69. The molecule has 0 saturated heterocycles. The van der Waals surface area contributed by atoms with Crippen LogP contribution in [0, 0.1) is 10.1 Å². The molecule has 0 aromatic heterocycles. The van der Waals surface area contributed by atoms with Gasteiger partial charge in [0.2, 0.25) is 0 Å². The van der Waals surface area contributed by atoms with E-state index in [1.165, 1.54) is 6.07 Å². The molecule has 0 aliphatic heterocycles. The molecule has 4 heteroatoms. The lowest BCUT2D eigenvalue weighted by Gasteiger charge is -2.04. The van der Waals surface area contributed by atoms with E-state index in [2.05, 4.69) is 11.9 Å². The first-order valence-corrected chi connectivity index (χ1v) is 4.68. The Labute approximate surface area is 88.8 Å². The van der Waals surface area contributed by atoms with Gasteiger partial charge in [0.1, 0.15) is 0 Å². The standard InChI is InChI=1S/C11H14N2O2/c1-9(2)7-12-8-10-5-3-4-6-11(10)13(14)15/h3-6,12H,1,7-8H2,2H3. The zero-order chi connectivity index (χ0) is 11.3. The van der Waals surface area contributed by atoms with Crippen molar-refractivity contribution < 1.29 is 4.92 Å². The summed E-state index contributed by atoms with van der Waals surface area (Å²) in [6.45, 7) is 6.82. The van der Waals surface area contributed by atoms with Crippen LogP contribution < -0.4 is 5.32 Å². The van der Waals surface area contributed by atoms with Crippen LogP contribution in [0.25, 0.3) is 0 Å². The second-order valence-electron chi connectivity index (χ2n) is 3.45. The highest BCUT2D eigenvalue weighted by Gasteiger charge is 2.10. The van der Waals surface area contributed by atoms with Crippen molar-refractivity contribution in [2.45, 2.75) is 13.5 Å². The minimum absolute atomic E-state index is 0.159. The summed E-state index contributed by atoms with van der Waals surface area (Å²) in [6, 6.07) is 6.73. The molecule has 4 nitrogen and oxygen atoms in total. The van der Waals surface area contributed by atoms with Gasteiger partial charge in [0, 0.05) is 24.7 Å². The number of nitro benzene ring substituents is 1. The first kappa shape index (κ1) is 11.4. The Morgan fingerprint density at radius 3 is 2.80 bits per heavy atom. The van der Waals surface area contributed by atoms with E-state index in [0.717, 1.165) is 5.57 Å². The van der Waals surface area contributed by atoms with Gasteiger partial charge < -0.3 is 5.32 Å². The number of benzene rings is 1. The maximum atomic E-state index is 10.7. The van der Waals surface area contributed by atoms with Crippen LogP contribution in [0.3, 0.4) is 0 Å². The summed E-state index contributed by atoms with van der Waals surface area (Å²) in [4.78, 5) is 10.3. The highest BCUT2D eigenvalue weighted by molar-refractivity contribution is 5.39. The van der Waals surface area contributed by atoms with E-state index >= 15 is 0 Å². The van der Waals surface area contributed by atoms with Gasteiger partial charge in [-0.05, 0) is 6.92 Å². The van der Waals surface area contributed by atoms with Gasteiger partial charge in [-0.2, -0.15) is 0 Å². The predicted molar refractivity (Wildman–Crippen MR) is 59.6 cm³/mol. The first-order chi connectivity index (χ1) is 7.11. The molecule has 0 unspecified atom stereocenters. The second-order valence-corrected chi connectivity index (χ2v) is 3.45. The molecule has 0 bridgehead atoms. The minimum Gasteiger partial charge on any atom is -0.309 e. The Kier molecular flexibility index (Phi) is 4.00. The third kappa shape index (κ3) is 3.52. The quantitative estimate of drug-likeness (QED) is 0.456. The van der Waals surface area contributed by atoms with Gasteiger partial charge in [0.25, 0.3) is 5.69 Å². The van der Waals surface area contributed by atoms with Crippen LogP contribution >= 0.6 is 0 Å². The number of hydrogen-bond donors (Lipinski definition) is 1. The Hall–Kier alpha value is -1.68. The molecule has 0 radical (unpaired) electrons. The Balaban J connectivity index is 2.67. The van der Waals surface area contributed by atoms with Crippen LogP contribution in [-0.2, 0) is 6.54 Å². The van der Waals surface area contributed by atoms with E-state index in [1.807, 2.05) is 6.92 Å². The summed E-state index contributed by atoms with van der Waals surface area (Å²) < 4.78 is 0. The van der Waals surface area contributed by atoms with Crippen LogP contribution in [0.4, 0.5) is 5.69 Å². The fourth-order valence-corrected chi connectivity index (χ4v) is 1.25. The van der Waals surface area contributed by atoms with Gasteiger partial charge >= 0.3 is 0 Å². The molecule has 1 aromatic rings. The first-order valence-electron chi connectivity index (χ1n) is 4.68. The number of nitro groups is 1. The highest BCUT2D eigenvalue weighted by atomic mass is 16.6. The van der Waals surface area contributed by atoms with E-state index in [0.29, 0.717) is 18.7 Å². The van der Waals surface area contributed by atoms with Crippen molar-refractivity contribution in [2.75, 3.05) is 6.54 Å². The van der Waals surface area contributed by atoms with Gasteiger partial charge in [0.05, 0.1) is 4.92 Å². The lowest BCUT2D eigenvalue weighted by molar-refractivity contribution is -0.385. The maximum absolute atomic E-state index is 10.7. The third-order valence-electron chi connectivity index (χ3n) is 1.93. The zero-order valence-electron chi connectivity index (χ0n) is 8.69. The lowest BCUT2D eigenvalue weighted by Crippen LogP contribution is -2.16. The molecule has 0 aliphatic carbocycles. The van der Waals surface area contributed by atoms with Crippen molar-refractivity contribution in [1.29, 1.82) is 0 Å². The fraction of sp³-hybridized carbons (Fsp3) is 0.273. The smallest absolute Gasteiger partial charge is 0.273 e. The van der Waals surface area contributed by atoms with Crippen LogP contribution in [0.1, 0.15) is 12.5 Å². The Morgan fingerprint density at radius 2 is 2.20 bits per heavy atom. The number of hydrogen-bond acceptors (Lipinski definition) is 3. The normalized spacial score (nSPS) is 9.93. The molecule has 0 spiro atoms. The number of nitrogens with zero attached hydrogens (tertiary/aromatic N) is 1. The molecule has 0 saturated carbocycles. The van der Waals surface area contributed by atoms with Crippen LogP contribution in [0.15, 0.2) is 36.4 Å². The Morgan fingerprint density at radius 1 is 1.53 bits per heavy atom. The van der Waals surface area contributed by atoms with Crippen molar-refractivity contribution in [2.24, 2.45) is 0 Å². The number of para-hydroxylation sites is 1. The van der Waals surface area contributed by atoms with Gasteiger partial charge in [-0.1, -0.05) is 30.4 Å². The molecule has 0 aliphatic rings. The third-order valence-corrected chi connectivity index (χ3v) is 1.93. The summed E-state index contributed by atoms with van der Waals surface area (Å²) in [5.41, 5.74) is 1.86. The molecule has 0 amide bonds. The van der Waals surface area contributed by atoms with Gasteiger partial charge in [0.15, 0.2) is 0 Å². The molecule has 80 valence electrons. The summed E-state index contributed by atoms with van der Waals surface area (Å²) in [7, 11) is 0. The summed E-state index contributed by atoms with van der Waals surface area (Å²) in [5.74, 6) is 0. The average molecular weight is 206 g/mol. The topological polar surface area (TPSA) is 55.2 Å². The molecular weight excluding hydrogens is 192 g/mol. The van der Waals surface area contributed by atoms with Gasteiger partial charge in [-0.25, -0.2) is 0 Å². The number of nitrogens with one attached hydrogen (secondary N) is 1.